The van der Waals surface area contributed by atoms with Crippen molar-refractivity contribution in [2.24, 2.45) is 0 Å². The lowest BCUT2D eigenvalue weighted by Gasteiger charge is -2.13. The first-order valence-corrected chi connectivity index (χ1v) is 9.58. The zero-order chi connectivity index (χ0) is 21.6. The predicted molar refractivity (Wildman–Crippen MR) is 110 cm³/mol. The topological polar surface area (TPSA) is 99.1 Å². The summed E-state index contributed by atoms with van der Waals surface area (Å²) in [5.74, 6) is -0.759. The van der Waals surface area contributed by atoms with E-state index in [0.29, 0.717) is 23.4 Å². The van der Waals surface area contributed by atoms with Gasteiger partial charge in [0.1, 0.15) is 23.8 Å². The fourth-order valence-corrected chi connectivity index (χ4v) is 3.23. The maximum atomic E-state index is 13.3. The fraction of sp³-hybridized carbons (Fsp3) is 0.350. The van der Waals surface area contributed by atoms with Crippen molar-refractivity contribution in [2.45, 2.75) is 46.2 Å². The zero-order valence-corrected chi connectivity index (χ0v) is 17.2. The SMILES string of the molecule is CCn1cnc2c1c(=O)n(CC(=O)Nc1ccc(F)cn1)c1cc(C(C)(C)C)nn21. The molecule has 10 heteroatoms. The minimum atomic E-state index is -0.502. The van der Waals surface area contributed by atoms with Gasteiger partial charge >= 0.3 is 0 Å². The first-order chi connectivity index (χ1) is 14.2. The predicted octanol–water partition coefficient (Wildman–Crippen LogP) is 2.34. The highest BCUT2D eigenvalue weighted by molar-refractivity contribution is 5.90. The van der Waals surface area contributed by atoms with E-state index in [-0.39, 0.29) is 23.3 Å². The number of fused-ring (bicyclic) bond motifs is 3. The summed E-state index contributed by atoms with van der Waals surface area (Å²) in [5, 5.41) is 7.25. The molecule has 4 aromatic rings. The van der Waals surface area contributed by atoms with Gasteiger partial charge in [0, 0.05) is 18.0 Å². The van der Waals surface area contributed by atoms with Crippen LogP contribution in [-0.4, -0.2) is 34.6 Å². The lowest BCUT2D eigenvalue weighted by atomic mass is 9.93. The first kappa shape index (κ1) is 19.7. The summed E-state index contributed by atoms with van der Waals surface area (Å²) in [6, 6.07) is 4.36. The maximum absolute atomic E-state index is 13.3. The summed E-state index contributed by atoms with van der Waals surface area (Å²) in [6.45, 7) is 8.27. The molecule has 0 aliphatic rings. The number of hydrogen-bond acceptors (Lipinski definition) is 5. The Balaban J connectivity index is 1.84. The lowest BCUT2D eigenvalue weighted by Crippen LogP contribution is -2.30. The molecule has 0 saturated heterocycles. The van der Waals surface area contributed by atoms with Crippen molar-refractivity contribution >= 4 is 28.5 Å². The molecule has 0 bridgehead atoms. The highest BCUT2D eigenvalue weighted by atomic mass is 19.1. The number of nitrogens with one attached hydrogen (secondary N) is 1. The average molecular weight is 411 g/mol. The van der Waals surface area contributed by atoms with Crippen molar-refractivity contribution in [3.8, 4) is 0 Å². The summed E-state index contributed by atoms with van der Waals surface area (Å²) in [7, 11) is 0. The van der Waals surface area contributed by atoms with Crippen LogP contribution in [0.2, 0.25) is 0 Å². The molecule has 9 nitrogen and oxygen atoms in total. The quantitative estimate of drug-likeness (QED) is 0.556. The molecule has 156 valence electrons. The second-order valence-corrected chi connectivity index (χ2v) is 8.05. The van der Waals surface area contributed by atoms with Gasteiger partial charge in [-0.05, 0) is 19.1 Å². The van der Waals surface area contributed by atoms with E-state index in [1.165, 1.54) is 16.7 Å². The average Bonchev–Trinajstić information content (AvgIpc) is 3.31. The molecular formula is C20H22FN7O2. The number of pyridine rings is 1. The van der Waals surface area contributed by atoms with Crippen LogP contribution in [0.1, 0.15) is 33.4 Å². The van der Waals surface area contributed by atoms with E-state index in [1.54, 1.807) is 21.5 Å². The van der Waals surface area contributed by atoms with Gasteiger partial charge in [0.2, 0.25) is 5.91 Å². The van der Waals surface area contributed by atoms with Crippen LogP contribution >= 0.6 is 0 Å². The summed E-state index contributed by atoms with van der Waals surface area (Å²) < 4.78 is 17.8. The Morgan fingerprint density at radius 2 is 2.00 bits per heavy atom. The van der Waals surface area contributed by atoms with E-state index in [4.69, 9.17) is 0 Å². The molecule has 1 N–H and O–H groups in total. The van der Waals surface area contributed by atoms with Crippen molar-refractivity contribution in [3.05, 3.63) is 52.6 Å². The largest absolute Gasteiger partial charge is 0.325 e. The summed E-state index contributed by atoms with van der Waals surface area (Å²) in [6.07, 6.45) is 2.61. The van der Waals surface area contributed by atoms with Gasteiger partial charge < -0.3 is 9.88 Å². The number of imidazole rings is 1. The Hall–Kier alpha value is -3.56. The molecule has 0 unspecified atom stereocenters. The van der Waals surface area contributed by atoms with Gasteiger partial charge in [0.05, 0.1) is 18.2 Å². The maximum Gasteiger partial charge on any atom is 0.280 e. The highest BCUT2D eigenvalue weighted by Crippen LogP contribution is 2.23. The molecule has 0 aromatic carbocycles. The Morgan fingerprint density at radius 1 is 1.23 bits per heavy atom. The molecule has 4 aromatic heterocycles. The van der Waals surface area contributed by atoms with Gasteiger partial charge in [-0.15, -0.1) is 0 Å². The van der Waals surface area contributed by atoms with E-state index >= 15 is 0 Å². The Kier molecular flexibility index (Phi) is 4.64. The fourth-order valence-electron chi connectivity index (χ4n) is 3.23. The van der Waals surface area contributed by atoms with Crippen LogP contribution in [0.3, 0.4) is 0 Å². The number of amides is 1. The molecule has 30 heavy (non-hydrogen) atoms. The molecule has 4 rings (SSSR count). The van der Waals surface area contributed by atoms with E-state index in [2.05, 4.69) is 20.4 Å². The smallest absolute Gasteiger partial charge is 0.280 e. The number of carbonyl (C=O) groups excluding carboxylic acids is 1. The van der Waals surface area contributed by atoms with E-state index in [1.807, 2.05) is 27.7 Å². The number of aryl methyl sites for hydroxylation is 1. The van der Waals surface area contributed by atoms with Crippen LogP contribution in [0.15, 0.2) is 35.5 Å². The van der Waals surface area contributed by atoms with Crippen molar-refractivity contribution in [3.63, 3.8) is 0 Å². The van der Waals surface area contributed by atoms with E-state index < -0.39 is 11.7 Å². The van der Waals surface area contributed by atoms with Crippen LogP contribution in [0.4, 0.5) is 10.2 Å². The van der Waals surface area contributed by atoms with Gasteiger partial charge in [-0.3, -0.25) is 14.2 Å². The summed E-state index contributed by atoms with van der Waals surface area (Å²) in [4.78, 5) is 34.1. The van der Waals surface area contributed by atoms with Crippen LogP contribution in [0, 0.1) is 5.82 Å². The monoisotopic (exact) mass is 411 g/mol. The van der Waals surface area contributed by atoms with Gasteiger partial charge in [0.15, 0.2) is 11.2 Å². The molecule has 0 saturated carbocycles. The third-order valence-corrected chi connectivity index (χ3v) is 4.84. The Labute approximate surface area is 171 Å². The van der Waals surface area contributed by atoms with Gasteiger partial charge in [-0.25, -0.2) is 14.4 Å². The minimum Gasteiger partial charge on any atom is -0.325 e. The van der Waals surface area contributed by atoms with Crippen molar-refractivity contribution < 1.29 is 9.18 Å². The van der Waals surface area contributed by atoms with Gasteiger partial charge in [-0.1, -0.05) is 20.8 Å². The van der Waals surface area contributed by atoms with Crippen LogP contribution in [-0.2, 0) is 23.3 Å². The molecule has 0 aliphatic carbocycles. The van der Waals surface area contributed by atoms with Crippen LogP contribution < -0.4 is 10.9 Å². The van der Waals surface area contributed by atoms with E-state index in [9.17, 15) is 14.0 Å². The molecule has 0 fully saturated rings. The molecular weight excluding hydrogens is 389 g/mol. The second-order valence-electron chi connectivity index (χ2n) is 8.05. The van der Waals surface area contributed by atoms with Crippen LogP contribution in [0.25, 0.3) is 16.8 Å². The number of nitrogens with zero attached hydrogens (tertiary/aromatic N) is 6. The molecule has 0 atom stereocenters. The third-order valence-electron chi connectivity index (χ3n) is 4.84. The van der Waals surface area contributed by atoms with Gasteiger partial charge in [0.25, 0.3) is 5.56 Å². The number of hydrogen-bond donors (Lipinski definition) is 1. The molecule has 0 aliphatic heterocycles. The zero-order valence-electron chi connectivity index (χ0n) is 17.2. The summed E-state index contributed by atoms with van der Waals surface area (Å²) >= 11 is 0. The molecule has 4 heterocycles. The number of aromatic nitrogens is 6. The number of anilines is 1. The first-order valence-electron chi connectivity index (χ1n) is 9.58. The summed E-state index contributed by atoms with van der Waals surface area (Å²) in [5.41, 5.74) is 1.48. The Morgan fingerprint density at radius 3 is 2.63 bits per heavy atom. The molecule has 0 spiro atoms. The van der Waals surface area contributed by atoms with Crippen LogP contribution in [0.5, 0.6) is 0 Å². The number of halogens is 1. The second kappa shape index (κ2) is 7.05. The third kappa shape index (κ3) is 3.34. The lowest BCUT2D eigenvalue weighted by molar-refractivity contribution is -0.116. The van der Waals surface area contributed by atoms with Crippen molar-refractivity contribution in [2.75, 3.05) is 5.32 Å². The minimum absolute atomic E-state index is 0.203. The van der Waals surface area contributed by atoms with Crippen molar-refractivity contribution in [1.82, 2.24) is 28.7 Å². The standard InChI is InChI=1S/C20H22FN7O2/c1-5-26-11-23-18-17(26)19(30)27(16-8-13(20(2,3)4)25-28(16)18)10-15(29)24-14-7-6-12(21)9-22-14/h6-9,11H,5,10H2,1-4H3,(H,22,24,29). The molecule has 0 radical (unpaired) electrons. The highest BCUT2D eigenvalue weighted by Gasteiger charge is 2.23. The number of rotatable bonds is 4. The van der Waals surface area contributed by atoms with Crippen molar-refractivity contribution in [1.29, 1.82) is 0 Å². The normalized spacial score (nSPS) is 12.0. The van der Waals surface area contributed by atoms with Gasteiger partial charge in [-0.2, -0.15) is 9.61 Å². The number of carbonyl (C=O) groups is 1. The Bertz CT molecular complexity index is 1310. The molecule has 1 amide bonds. The van der Waals surface area contributed by atoms with E-state index in [0.717, 1.165) is 11.9 Å².